The molecule has 0 radical (unpaired) electrons. The number of allylic oxidation sites excluding steroid dienone is 1. The second-order valence-electron chi connectivity index (χ2n) is 6.53. The van der Waals surface area contributed by atoms with Crippen molar-refractivity contribution in [3.05, 3.63) is 76.5 Å². The lowest BCUT2D eigenvalue weighted by molar-refractivity contribution is 0.0662. The molecule has 0 saturated carbocycles. The highest BCUT2D eigenvalue weighted by Crippen LogP contribution is 2.23. The van der Waals surface area contributed by atoms with Crippen molar-refractivity contribution >= 4 is 18.0 Å². The molecule has 0 aliphatic carbocycles. The number of aryl methyl sites for hydroxylation is 2. The molecular formula is C22H25N3O4. The summed E-state index contributed by atoms with van der Waals surface area (Å²) in [6, 6.07) is 10.5. The number of oxime groups is 1. The van der Waals surface area contributed by atoms with Gasteiger partial charge in [-0.2, -0.15) is 0 Å². The third kappa shape index (κ3) is 5.01. The second-order valence-corrected chi connectivity index (χ2v) is 6.53. The minimum absolute atomic E-state index is 0.00551. The van der Waals surface area contributed by atoms with E-state index < -0.39 is 11.8 Å². The van der Waals surface area contributed by atoms with Crippen molar-refractivity contribution in [2.75, 3.05) is 7.11 Å². The summed E-state index contributed by atoms with van der Waals surface area (Å²) in [7, 11) is 1.53. The number of benzene rings is 2. The van der Waals surface area contributed by atoms with Gasteiger partial charge in [0.05, 0.1) is 19.0 Å². The molecule has 0 aromatic heterocycles. The molecule has 0 heterocycles. The predicted molar refractivity (Wildman–Crippen MR) is 111 cm³/mol. The normalized spacial score (nSPS) is 10.6. The summed E-state index contributed by atoms with van der Waals surface area (Å²) in [6.07, 6.45) is 1.55. The summed E-state index contributed by atoms with van der Waals surface area (Å²) in [5.41, 5.74) is 5.84. The fraction of sp³-hybridized carbons (Fsp3) is 0.227. The van der Waals surface area contributed by atoms with E-state index in [-0.39, 0.29) is 5.70 Å². The lowest BCUT2D eigenvalue weighted by Gasteiger charge is -2.24. The van der Waals surface area contributed by atoms with Gasteiger partial charge in [-0.15, -0.1) is 0 Å². The van der Waals surface area contributed by atoms with Crippen LogP contribution in [0.2, 0.25) is 0 Å². The Hall–Kier alpha value is -3.61. The number of methoxy groups -OCH3 is 1. The number of hydrazine groups is 1. The first-order valence-electron chi connectivity index (χ1n) is 9.08. The van der Waals surface area contributed by atoms with Crippen molar-refractivity contribution in [2.45, 2.75) is 27.2 Å². The zero-order valence-electron chi connectivity index (χ0n) is 17.0. The van der Waals surface area contributed by atoms with Crippen LogP contribution in [0.5, 0.6) is 5.75 Å². The molecule has 0 atom stereocenters. The maximum absolute atomic E-state index is 13.1. The van der Waals surface area contributed by atoms with Crippen molar-refractivity contribution in [1.82, 2.24) is 10.4 Å². The van der Waals surface area contributed by atoms with E-state index in [2.05, 4.69) is 17.2 Å². The molecule has 2 rings (SSSR count). The van der Waals surface area contributed by atoms with Gasteiger partial charge in [0.25, 0.3) is 11.8 Å². The Balaban J connectivity index is 2.43. The van der Waals surface area contributed by atoms with E-state index in [4.69, 9.17) is 9.94 Å². The average molecular weight is 395 g/mol. The molecule has 2 aromatic rings. The molecular weight excluding hydrogens is 370 g/mol. The Morgan fingerprint density at radius 3 is 2.45 bits per heavy atom. The second kappa shape index (κ2) is 9.54. The number of amides is 2. The molecule has 29 heavy (non-hydrogen) atoms. The van der Waals surface area contributed by atoms with Crippen LogP contribution in [-0.2, 0) is 6.42 Å². The number of carbonyl (C=O) groups excluding carboxylic acids is 2. The number of hydrogen-bond acceptors (Lipinski definition) is 5. The maximum Gasteiger partial charge on any atom is 0.277 e. The van der Waals surface area contributed by atoms with E-state index in [1.165, 1.54) is 7.11 Å². The van der Waals surface area contributed by atoms with Crippen molar-refractivity contribution in [3.63, 3.8) is 0 Å². The standard InChI is InChI=1S/C22H25N3O4/c1-6-18-19(8-7-9-20(18)29-5)21(26)24-25(16(4)13-23-28)22(27)17-11-14(2)10-15(3)12-17/h7-13,28H,4,6H2,1-3,5H3,(H,24,26)/b23-13+. The smallest absolute Gasteiger partial charge is 0.277 e. The van der Waals surface area contributed by atoms with Crippen molar-refractivity contribution in [3.8, 4) is 5.75 Å². The van der Waals surface area contributed by atoms with Gasteiger partial charge in [-0.25, -0.2) is 5.01 Å². The van der Waals surface area contributed by atoms with Crippen LogP contribution in [0, 0.1) is 13.8 Å². The van der Waals surface area contributed by atoms with Gasteiger partial charge in [0.15, 0.2) is 0 Å². The molecule has 0 aliphatic rings. The highest BCUT2D eigenvalue weighted by molar-refractivity contribution is 6.03. The van der Waals surface area contributed by atoms with Crippen LogP contribution in [0.15, 0.2) is 53.8 Å². The molecule has 152 valence electrons. The van der Waals surface area contributed by atoms with Gasteiger partial charge < -0.3 is 9.94 Å². The van der Waals surface area contributed by atoms with Gasteiger partial charge in [0.1, 0.15) is 5.75 Å². The lowest BCUT2D eigenvalue weighted by atomic mass is 10.0. The third-order valence-corrected chi connectivity index (χ3v) is 4.33. The largest absolute Gasteiger partial charge is 0.496 e. The fourth-order valence-electron chi connectivity index (χ4n) is 3.10. The van der Waals surface area contributed by atoms with E-state index in [0.29, 0.717) is 28.9 Å². The van der Waals surface area contributed by atoms with Crippen LogP contribution < -0.4 is 10.2 Å². The predicted octanol–water partition coefficient (Wildman–Crippen LogP) is 3.64. The molecule has 0 saturated heterocycles. The highest BCUT2D eigenvalue weighted by atomic mass is 16.5. The average Bonchev–Trinajstić information content (AvgIpc) is 2.69. The minimum Gasteiger partial charge on any atom is -0.496 e. The Labute approximate surface area is 170 Å². The molecule has 2 aromatic carbocycles. The molecule has 0 spiro atoms. The van der Waals surface area contributed by atoms with Crippen LogP contribution in [0.3, 0.4) is 0 Å². The number of rotatable bonds is 6. The topological polar surface area (TPSA) is 91.2 Å². The Morgan fingerprint density at radius 2 is 1.90 bits per heavy atom. The maximum atomic E-state index is 13.1. The Morgan fingerprint density at radius 1 is 1.24 bits per heavy atom. The summed E-state index contributed by atoms with van der Waals surface area (Å²) < 4.78 is 5.33. The quantitative estimate of drug-likeness (QED) is 0.444. The monoisotopic (exact) mass is 395 g/mol. The molecule has 0 aliphatic heterocycles. The van der Waals surface area contributed by atoms with Crippen LogP contribution in [-0.4, -0.2) is 35.4 Å². The number of hydrogen-bond donors (Lipinski definition) is 2. The molecule has 7 nitrogen and oxygen atoms in total. The van der Waals surface area contributed by atoms with Crippen LogP contribution >= 0.6 is 0 Å². The summed E-state index contributed by atoms with van der Waals surface area (Å²) >= 11 is 0. The first kappa shape index (κ1) is 21.7. The first-order chi connectivity index (χ1) is 13.8. The summed E-state index contributed by atoms with van der Waals surface area (Å²) in [4.78, 5) is 26.1. The van der Waals surface area contributed by atoms with E-state index in [1.54, 1.807) is 30.3 Å². The third-order valence-electron chi connectivity index (χ3n) is 4.33. The Kier molecular flexibility index (Phi) is 7.14. The minimum atomic E-state index is -0.508. The molecule has 2 N–H and O–H groups in total. The lowest BCUT2D eigenvalue weighted by Crippen LogP contribution is -2.46. The van der Waals surface area contributed by atoms with Gasteiger partial charge in [0, 0.05) is 16.7 Å². The zero-order chi connectivity index (χ0) is 21.6. The Bertz CT molecular complexity index is 946. The van der Waals surface area contributed by atoms with E-state index >= 15 is 0 Å². The first-order valence-corrected chi connectivity index (χ1v) is 9.08. The molecule has 0 bridgehead atoms. The number of carbonyl (C=O) groups is 2. The van der Waals surface area contributed by atoms with Gasteiger partial charge in [-0.05, 0) is 44.5 Å². The number of nitrogens with one attached hydrogen (secondary N) is 1. The number of ether oxygens (including phenoxy) is 1. The zero-order valence-corrected chi connectivity index (χ0v) is 17.0. The van der Waals surface area contributed by atoms with Crippen LogP contribution in [0.25, 0.3) is 0 Å². The van der Waals surface area contributed by atoms with Crippen LogP contribution in [0.4, 0.5) is 0 Å². The van der Waals surface area contributed by atoms with Gasteiger partial charge in [-0.3, -0.25) is 15.0 Å². The van der Waals surface area contributed by atoms with Crippen molar-refractivity contribution < 1.29 is 19.5 Å². The summed E-state index contributed by atoms with van der Waals surface area (Å²) in [5.74, 6) is -0.426. The highest BCUT2D eigenvalue weighted by Gasteiger charge is 2.23. The molecule has 7 heteroatoms. The van der Waals surface area contributed by atoms with Gasteiger partial charge in [0.2, 0.25) is 0 Å². The molecule has 0 unspecified atom stereocenters. The van der Waals surface area contributed by atoms with Gasteiger partial charge in [-0.1, -0.05) is 41.9 Å². The summed E-state index contributed by atoms with van der Waals surface area (Å²) in [6.45, 7) is 9.37. The van der Waals surface area contributed by atoms with E-state index in [1.807, 2.05) is 26.8 Å². The van der Waals surface area contributed by atoms with Crippen molar-refractivity contribution in [2.24, 2.45) is 5.16 Å². The SMILES string of the molecule is C=C(/C=N/O)N(NC(=O)c1cccc(OC)c1CC)C(=O)c1cc(C)cc(C)c1. The molecule has 0 fully saturated rings. The summed E-state index contributed by atoms with van der Waals surface area (Å²) in [5, 5.41) is 12.8. The van der Waals surface area contributed by atoms with E-state index in [9.17, 15) is 9.59 Å². The fourth-order valence-corrected chi connectivity index (χ4v) is 3.10. The number of nitrogens with zero attached hydrogens (tertiary/aromatic N) is 2. The van der Waals surface area contributed by atoms with Gasteiger partial charge >= 0.3 is 0 Å². The van der Waals surface area contributed by atoms with E-state index in [0.717, 1.165) is 22.4 Å². The van der Waals surface area contributed by atoms with Crippen molar-refractivity contribution in [1.29, 1.82) is 0 Å². The molecule has 2 amide bonds. The van der Waals surface area contributed by atoms with Crippen LogP contribution in [0.1, 0.15) is 44.3 Å².